The lowest BCUT2D eigenvalue weighted by atomic mass is 10.0. The van der Waals surface area contributed by atoms with E-state index in [0.29, 0.717) is 17.8 Å². The Bertz CT molecular complexity index is 636. The van der Waals surface area contributed by atoms with E-state index in [1.165, 1.54) is 18.9 Å². The van der Waals surface area contributed by atoms with Gasteiger partial charge in [-0.3, -0.25) is 0 Å². The number of aromatic nitrogens is 2. The lowest BCUT2D eigenvalue weighted by molar-refractivity contribution is 0.167. The Balaban J connectivity index is 1.96. The molecule has 21 heavy (non-hydrogen) atoms. The van der Waals surface area contributed by atoms with Crippen LogP contribution in [0, 0.1) is 11.2 Å². The Morgan fingerprint density at radius 2 is 2.24 bits per heavy atom. The minimum atomic E-state index is -0.260. The number of ether oxygens (including phenoxy) is 1. The molecule has 0 saturated heterocycles. The molecule has 1 saturated carbocycles. The van der Waals surface area contributed by atoms with E-state index in [9.17, 15) is 4.39 Å². The van der Waals surface area contributed by atoms with Gasteiger partial charge in [0.1, 0.15) is 11.3 Å². The van der Waals surface area contributed by atoms with Crippen molar-refractivity contribution in [2.24, 2.45) is 5.41 Å². The molecule has 0 radical (unpaired) electrons. The summed E-state index contributed by atoms with van der Waals surface area (Å²) in [5.41, 5.74) is 1.62. The zero-order valence-corrected chi connectivity index (χ0v) is 13.0. The topological polar surface area (TPSA) is 27.1 Å². The second-order valence-electron chi connectivity index (χ2n) is 5.90. The standard InChI is InChI=1S/C16H20ClFN2O/c1-21-10-8-16(6-7-16)11-20-13-4-2-3-12(18)15(13)19-14(20)5-9-17/h2-4H,5-11H2,1H3. The molecular formula is C16H20ClFN2O. The quantitative estimate of drug-likeness (QED) is 0.728. The van der Waals surface area contributed by atoms with Gasteiger partial charge in [-0.25, -0.2) is 9.37 Å². The Morgan fingerprint density at radius 1 is 1.43 bits per heavy atom. The maximum atomic E-state index is 13.9. The predicted molar refractivity (Wildman–Crippen MR) is 82.3 cm³/mol. The fraction of sp³-hybridized carbons (Fsp3) is 0.562. The molecule has 3 rings (SSSR count). The summed E-state index contributed by atoms with van der Waals surface area (Å²) in [7, 11) is 1.73. The van der Waals surface area contributed by atoms with E-state index in [1.54, 1.807) is 13.2 Å². The number of alkyl halides is 1. The minimum Gasteiger partial charge on any atom is -0.385 e. The summed E-state index contributed by atoms with van der Waals surface area (Å²) in [5, 5.41) is 0. The summed E-state index contributed by atoms with van der Waals surface area (Å²) in [4.78, 5) is 4.47. The number of benzene rings is 1. The van der Waals surface area contributed by atoms with Crippen molar-refractivity contribution in [3.05, 3.63) is 29.8 Å². The lowest BCUT2D eigenvalue weighted by Gasteiger charge is -2.18. The van der Waals surface area contributed by atoms with E-state index in [1.807, 2.05) is 6.07 Å². The zero-order chi connectivity index (χ0) is 14.9. The van der Waals surface area contributed by atoms with Crippen LogP contribution in [-0.4, -0.2) is 29.1 Å². The molecule has 5 heteroatoms. The number of fused-ring (bicyclic) bond motifs is 1. The highest BCUT2D eigenvalue weighted by Gasteiger charge is 2.43. The van der Waals surface area contributed by atoms with Gasteiger partial charge in [0.15, 0.2) is 5.82 Å². The first-order chi connectivity index (χ1) is 10.2. The Labute approximate surface area is 129 Å². The van der Waals surface area contributed by atoms with E-state index < -0.39 is 0 Å². The third-order valence-electron chi connectivity index (χ3n) is 4.41. The van der Waals surface area contributed by atoms with Crippen LogP contribution < -0.4 is 0 Å². The SMILES string of the molecule is COCCC1(Cn2c(CCCl)nc3c(F)cccc32)CC1. The molecule has 1 fully saturated rings. The molecule has 0 amide bonds. The Hall–Kier alpha value is -1.13. The van der Waals surface area contributed by atoms with Gasteiger partial charge in [0.05, 0.1) is 5.52 Å². The van der Waals surface area contributed by atoms with Gasteiger partial charge in [-0.05, 0) is 36.8 Å². The van der Waals surface area contributed by atoms with Crippen molar-refractivity contribution in [1.29, 1.82) is 0 Å². The Kier molecular flexibility index (Phi) is 4.18. The second-order valence-corrected chi connectivity index (χ2v) is 6.28. The largest absolute Gasteiger partial charge is 0.385 e. The third kappa shape index (κ3) is 2.92. The smallest absolute Gasteiger partial charge is 0.151 e. The number of methoxy groups -OCH3 is 1. The summed E-state index contributed by atoms with van der Waals surface area (Å²) < 4.78 is 21.3. The maximum absolute atomic E-state index is 13.9. The van der Waals surface area contributed by atoms with Crippen molar-refractivity contribution in [2.45, 2.75) is 32.2 Å². The monoisotopic (exact) mass is 310 g/mol. The number of para-hydroxylation sites is 1. The number of aryl methyl sites for hydroxylation is 1. The molecule has 2 aromatic rings. The van der Waals surface area contributed by atoms with E-state index in [2.05, 4.69) is 9.55 Å². The van der Waals surface area contributed by atoms with Crippen LogP contribution in [-0.2, 0) is 17.7 Å². The van der Waals surface area contributed by atoms with Gasteiger partial charge in [0, 0.05) is 32.6 Å². The molecule has 1 aliphatic rings. The molecule has 0 N–H and O–H groups in total. The highest BCUT2D eigenvalue weighted by Crippen LogP contribution is 2.50. The van der Waals surface area contributed by atoms with Gasteiger partial charge in [0.2, 0.25) is 0 Å². The molecule has 1 aromatic carbocycles. The predicted octanol–water partition coefficient (Wildman–Crippen LogP) is 3.77. The van der Waals surface area contributed by atoms with E-state index in [4.69, 9.17) is 16.3 Å². The fourth-order valence-electron chi connectivity index (χ4n) is 2.93. The van der Waals surface area contributed by atoms with Crippen molar-refractivity contribution in [1.82, 2.24) is 9.55 Å². The average Bonchev–Trinajstić information content (AvgIpc) is 3.16. The number of hydrogen-bond acceptors (Lipinski definition) is 2. The number of imidazole rings is 1. The summed E-state index contributed by atoms with van der Waals surface area (Å²) in [6, 6.07) is 5.15. The van der Waals surface area contributed by atoms with Crippen molar-refractivity contribution in [3.63, 3.8) is 0 Å². The number of nitrogens with zero attached hydrogens (tertiary/aromatic N) is 2. The minimum absolute atomic E-state index is 0.260. The highest BCUT2D eigenvalue weighted by atomic mass is 35.5. The fourth-order valence-corrected chi connectivity index (χ4v) is 3.10. The Morgan fingerprint density at radius 3 is 2.90 bits per heavy atom. The van der Waals surface area contributed by atoms with Crippen LogP contribution in [0.15, 0.2) is 18.2 Å². The molecule has 0 atom stereocenters. The normalized spacial score (nSPS) is 16.5. The second kappa shape index (κ2) is 5.93. The van der Waals surface area contributed by atoms with Gasteiger partial charge in [-0.2, -0.15) is 0 Å². The van der Waals surface area contributed by atoms with Crippen LogP contribution in [0.25, 0.3) is 11.0 Å². The van der Waals surface area contributed by atoms with Crippen LogP contribution in [0.4, 0.5) is 4.39 Å². The molecule has 1 heterocycles. The molecule has 1 aliphatic carbocycles. The van der Waals surface area contributed by atoms with Crippen LogP contribution >= 0.6 is 11.6 Å². The molecule has 0 unspecified atom stereocenters. The van der Waals surface area contributed by atoms with Crippen molar-refractivity contribution in [3.8, 4) is 0 Å². The van der Waals surface area contributed by atoms with Crippen LogP contribution in [0.3, 0.4) is 0 Å². The summed E-state index contributed by atoms with van der Waals surface area (Å²) in [5.74, 6) is 1.12. The van der Waals surface area contributed by atoms with Crippen molar-refractivity contribution >= 4 is 22.6 Å². The molecule has 114 valence electrons. The first-order valence-electron chi connectivity index (χ1n) is 7.38. The first-order valence-corrected chi connectivity index (χ1v) is 7.91. The molecule has 0 bridgehead atoms. The van der Waals surface area contributed by atoms with Gasteiger partial charge < -0.3 is 9.30 Å². The van der Waals surface area contributed by atoms with Crippen LogP contribution in [0.1, 0.15) is 25.1 Å². The van der Waals surface area contributed by atoms with Crippen LogP contribution in [0.2, 0.25) is 0 Å². The molecule has 1 aromatic heterocycles. The molecular weight excluding hydrogens is 291 g/mol. The van der Waals surface area contributed by atoms with Crippen molar-refractivity contribution < 1.29 is 9.13 Å². The number of halogens is 2. The third-order valence-corrected chi connectivity index (χ3v) is 4.60. The lowest BCUT2D eigenvalue weighted by Crippen LogP contribution is -2.16. The van der Waals surface area contributed by atoms with Gasteiger partial charge in [-0.15, -0.1) is 11.6 Å². The van der Waals surface area contributed by atoms with Crippen molar-refractivity contribution in [2.75, 3.05) is 19.6 Å². The van der Waals surface area contributed by atoms with Gasteiger partial charge >= 0.3 is 0 Å². The van der Waals surface area contributed by atoms with E-state index in [-0.39, 0.29) is 11.2 Å². The molecule has 3 nitrogen and oxygen atoms in total. The summed E-state index contributed by atoms with van der Waals surface area (Å²) in [6.07, 6.45) is 4.10. The number of rotatable bonds is 7. The van der Waals surface area contributed by atoms with Gasteiger partial charge in [0.25, 0.3) is 0 Å². The van der Waals surface area contributed by atoms with E-state index >= 15 is 0 Å². The van der Waals surface area contributed by atoms with E-state index in [0.717, 1.165) is 30.9 Å². The zero-order valence-electron chi connectivity index (χ0n) is 12.2. The maximum Gasteiger partial charge on any atom is 0.151 e. The summed E-state index contributed by atoms with van der Waals surface area (Å²) in [6.45, 7) is 1.65. The average molecular weight is 311 g/mol. The highest BCUT2D eigenvalue weighted by molar-refractivity contribution is 6.17. The van der Waals surface area contributed by atoms with Crippen LogP contribution in [0.5, 0.6) is 0 Å². The summed E-state index contributed by atoms with van der Waals surface area (Å²) >= 11 is 5.88. The molecule has 0 spiro atoms. The first kappa shape index (κ1) is 14.8. The van der Waals surface area contributed by atoms with Gasteiger partial charge in [-0.1, -0.05) is 6.07 Å². The number of hydrogen-bond donors (Lipinski definition) is 0. The molecule has 0 aliphatic heterocycles.